The van der Waals surface area contributed by atoms with E-state index in [1.165, 1.54) is 0 Å². The molecule has 1 atom stereocenters. The molecule has 1 aromatic carbocycles. The third kappa shape index (κ3) is 1.51. The van der Waals surface area contributed by atoms with Gasteiger partial charge in [0.25, 0.3) is 0 Å². The molecule has 14 heavy (non-hydrogen) atoms. The molecule has 0 saturated heterocycles. The lowest BCUT2D eigenvalue weighted by molar-refractivity contribution is -0.143. The zero-order chi connectivity index (χ0) is 10.1. The highest BCUT2D eigenvalue weighted by Gasteiger charge is 2.25. The summed E-state index contributed by atoms with van der Waals surface area (Å²) in [4.78, 5) is 10.7. The van der Waals surface area contributed by atoms with Gasteiger partial charge in [0.1, 0.15) is 12.4 Å². The van der Waals surface area contributed by atoms with Crippen molar-refractivity contribution in [2.45, 2.75) is 6.42 Å². The Morgan fingerprint density at radius 3 is 3.07 bits per heavy atom. The zero-order valence-electron chi connectivity index (χ0n) is 7.56. The van der Waals surface area contributed by atoms with Crippen molar-refractivity contribution in [3.63, 3.8) is 0 Å². The number of hydrogen-bond donors (Lipinski definition) is 2. The van der Waals surface area contributed by atoms with Gasteiger partial charge >= 0.3 is 5.97 Å². The molecule has 3 N–H and O–H groups in total. The number of ether oxygens (including phenoxy) is 1. The number of carbonyl (C=O) groups is 1. The Labute approximate surface area is 81.3 Å². The van der Waals surface area contributed by atoms with Gasteiger partial charge < -0.3 is 15.6 Å². The molecule has 1 heterocycles. The first-order valence-electron chi connectivity index (χ1n) is 4.41. The third-order valence-electron chi connectivity index (χ3n) is 2.34. The maximum absolute atomic E-state index is 10.7. The first-order chi connectivity index (χ1) is 6.66. The van der Waals surface area contributed by atoms with Crippen molar-refractivity contribution in [1.82, 2.24) is 0 Å². The fourth-order valence-electron chi connectivity index (χ4n) is 1.57. The molecule has 2 rings (SSSR count). The largest absolute Gasteiger partial charge is 0.492 e. The van der Waals surface area contributed by atoms with E-state index in [1.807, 2.05) is 0 Å². The van der Waals surface area contributed by atoms with E-state index >= 15 is 0 Å². The van der Waals surface area contributed by atoms with Crippen molar-refractivity contribution in [3.8, 4) is 5.75 Å². The van der Waals surface area contributed by atoms with Gasteiger partial charge in [-0.2, -0.15) is 0 Å². The number of carboxylic acids is 1. The Morgan fingerprint density at radius 1 is 1.57 bits per heavy atom. The molecule has 1 aliphatic heterocycles. The second kappa shape index (κ2) is 3.21. The second-order valence-corrected chi connectivity index (χ2v) is 3.42. The van der Waals surface area contributed by atoms with Crippen LogP contribution in [0.1, 0.15) is 5.56 Å². The minimum atomic E-state index is -0.821. The van der Waals surface area contributed by atoms with E-state index in [2.05, 4.69) is 0 Å². The molecule has 0 radical (unpaired) electrons. The van der Waals surface area contributed by atoms with Crippen LogP contribution in [0.3, 0.4) is 0 Å². The lowest BCUT2D eigenvalue weighted by Gasteiger charge is -2.22. The molecular weight excluding hydrogens is 182 g/mol. The zero-order valence-corrected chi connectivity index (χ0v) is 7.56. The summed E-state index contributed by atoms with van der Waals surface area (Å²) in [5.41, 5.74) is 7.12. The number of benzene rings is 1. The van der Waals surface area contributed by atoms with Gasteiger partial charge in [-0.05, 0) is 30.2 Å². The van der Waals surface area contributed by atoms with Gasteiger partial charge in [-0.1, -0.05) is 0 Å². The summed E-state index contributed by atoms with van der Waals surface area (Å²) in [6.45, 7) is 0.242. The fourth-order valence-corrected chi connectivity index (χ4v) is 1.57. The number of aliphatic carboxylic acids is 1. The Balaban J connectivity index is 2.29. The normalized spacial score (nSPS) is 19.6. The summed E-state index contributed by atoms with van der Waals surface area (Å²) < 4.78 is 5.32. The van der Waals surface area contributed by atoms with Gasteiger partial charge in [0.2, 0.25) is 0 Å². The van der Waals surface area contributed by atoms with Gasteiger partial charge in [0.15, 0.2) is 0 Å². The van der Waals surface area contributed by atoms with Crippen LogP contribution in [0.15, 0.2) is 18.2 Å². The van der Waals surface area contributed by atoms with Crippen LogP contribution in [0, 0.1) is 5.92 Å². The molecule has 4 heteroatoms. The van der Waals surface area contributed by atoms with E-state index in [9.17, 15) is 4.79 Å². The molecule has 1 aromatic rings. The number of nitrogens with two attached hydrogens (primary N) is 1. The highest BCUT2D eigenvalue weighted by atomic mass is 16.5. The Hall–Kier alpha value is -1.71. The molecule has 0 amide bonds. The lowest BCUT2D eigenvalue weighted by atomic mass is 9.96. The highest BCUT2D eigenvalue weighted by Crippen LogP contribution is 2.28. The maximum atomic E-state index is 10.7. The first kappa shape index (κ1) is 8.87. The van der Waals surface area contributed by atoms with Crippen LogP contribution in [0.2, 0.25) is 0 Å². The van der Waals surface area contributed by atoms with Crippen LogP contribution in [0.5, 0.6) is 5.75 Å². The number of hydrogen-bond acceptors (Lipinski definition) is 3. The van der Waals surface area contributed by atoms with Gasteiger partial charge in [-0.3, -0.25) is 4.79 Å². The molecule has 0 spiro atoms. The topological polar surface area (TPSA) is 72.6 Å². The van der Waals surface area contributed by atoms with Crippen LogP contribution in [0.25, 0.3) is 0 Å². The van der Waals surface area contributed by atoms with Crippen LogP contribution in [-0.2, 0) is 11.2 Å². The maximum Gasteiger partial charge on any atom is 0.310 e. The van der Waals surface area contributed by atoms with Crippen LogP contribution >= 0.6 is 0 Å². The molecule has 0 bridgehead atoms. The van der Waals surface area contributed by atoms with Crippen molar-refractivity contribution in [2.24, 2.45) is 5.92 Å². The summed E-state index contributed by atoms with van der Waals surface area (Å²) in [5.74, 6) is -0.529. The Kier molecular flexibility index (Phi) is 2.04. The Bertz CT molecular complexity index is 376. The van der Waals surface area contributed by atoms with E-state index in [1.54, 1.807) is 18.2 Å². The molecule has 4 nitrogen and oxygen atoms in total. The standard InChI is InChI=1S/C10H11NO3/c11-8-1-2-9-6(4-8)3-7(5-14-9)10(12)13/h1-2,4,7H,3,5,11H2,(H,12,13)/t7-/m0/s1. The molecule has 1 aliphatic rings. The van der Waals surface area contributed by atoms with Crippen LogP contribution in [-0.4, -0.2) is 17.7 Å². The predicted octanol–water partition coefficient (Wildman–Crippen LogP) is 0.905. The van der Waals surface area contributed by atoms with E-state index in [0.29, 0.717) is 12.1 Å². The molecule has 0 fully saturated rings. The second-order valence-electron chi connectivity index (χ2n) is 3.42. The minimum absolute atomic E-state index is 0.242. The molecular formula is C10H11NO3. The number of rotatable bonds is 1. The Morgan fingerprint density at radius 2 is 2.36 bits per heavy atom. The number of fused-ring (bicyclic) bond motifs is 1. The highest BCUT2D eigenvalue weighted by molar-refractivity contribution is 5.71. The minimum Gasteiger partial charge on any atom is -0.492 e. The van der Waals surface area contributed by atoms with Gasteiger partial charge in [-0.25, -0.2) is 0 Å². The molecule has 0 aliphatic carbocycles. The first-order valence-corrected chi connectivity index (χ1v) is 4.41. The quantitative estimate of drug-likeness (QED) is 0.650. The molecule has 0 aromatic heterocycles. The predicted molar refractivity (Wildman–Crippen MR) is 51.2 cm³/mol. The SMILES string of the molecule is Nc1ccc2c(c1)C[C@H](C(=O)O)CO2. The number of carboxylic acid groups (broad SMARTS) is 1. The van der Waals surface area contributed by atoms with Crippen LogP contribution in [0.4, 0.5) is 5.69 Å². The van der Waals surface area contributed by atoms with Gasteiger partial charge in [0.05, 0.1) is 5.92 Å². The number of anilines is 1. The average molecular weight is 193 g/mol. The van der Waals surface area contributed by atoms with Crippen LogP contribution < -0.4 is 10.5 Å². The average Bonchev–Trinajstić information content (AvgIpc) is 2.16. The van der Waals surface area contributed by atoms with Crippen molar-refractivity contribution in [3.05, 3.63) is 23.8 Å². The van der Waals surface area contributed by atoms with E-state index in [0.717, 1.165) is 11.3 Å². The summed E-state index contributed by atoms with van der Waals surface area (Å²) >= 11 is 0. The van der Waals surface area contributed by atoms with Crippen molar-refractivity contribution < 1.29 is 14.6 Å². The summed E-state index contributed by atoms with van der Waals surface area (Å²) in [5, 5.41) is 8.82. The smallest absolute Gasteiger partial charge is 0.310 e. The van der Waals surface area contributed by atoms with Gasteiger partial charge in [-0.15, -0.1) is 0 Å². The summed E-state index contributed by atoms with van der Waals surface area (Å²) in [6.07, 6.45) is 0.496. The molecule has 0 saturated carbocycles. The molecule has 74 valence electrons. The number of nitrogen functional groups attached to an aromatic ring is 1. The fraction of sp³-hybridized carbons (Fsp3) is 0.300. The van der Waals surface area contributed by atoms with Crippen molar-refractivity contribution in [1.29, 1.82) is 0 Å². The third-order valence-corrected chi connectivity index (χ3v) is 2.34. The van der Waals surface area contributed by atoms with Gasteiger partial charge in [0, 0.05) is 5.69 Å². The van der Waals surface area contributed by atoms with E-state index in [4.69, 9.17) is 15.6 Å². The molecule has 0 unspecified atom stereocenters. The van der Waals surface area contributed by atoms with E-state index < -0.39 is 11.9 Å². The van der Waals surface area contributed by atoms with E-state index in [-0.39, 0.29) is 6.61 Å². The van der Waals surface area contributed by atoms with Crippen molar-refractivity contribution >= 4 is 11.7 Å². The summed E-state index contributed by atoms with van der Waals surface area (Å²) in [6, 6.07) is 5.30. The monoisotopic (exact) mass is 193 g/mol. The lowest BCUT2D eigenvalue weighted by Crippen LogP contribution is -2.27. The summed E-state index contributed by atoms with van der Waals surface area (Å²) in [7, 11) is 0. The van der Waals surface area contributed by atoms with Crippen molar-refractivity contribution in [2.75, 3.05) is 12.3 Å².